The summed E-state index contributed by atoms with van der Waals surface area (Å²) in [7, 11) is 5.51. The summed E-state index contributed by atoms with van der Waals surface area (Å²) in [6, 6.07) is -0.104. The minimum absolute atomic E-state index is 0.0326. The number of carbonyl (C=O) groups excluding carboxylic acids is 1. The zero-order valence-corrected chi connectivity index (χ0v) is 13.5. The SMILES string of the molecule is [B]C(=O)N1C(CC)C(CC2CC=CCC2C(=O)O)OC1(C)C. The second-order valence-electron chi connectivity index (χ2n) is 6.67. The summed E-state index contributed by atoms with van der Waals surface area (Å²) < 4.78 is 6.07. The first-order chi connectivity index (χ1) is 10.3. The summed E-state index contributed by atoms with van der Waals surface area (Å²) >= 11 is 0. The van der Waals surface area contributed by atoms with E-state index in [0.717, 1.165) is 12.8 Å². The van der Waals surface area contributed by atoms with Crippen molar-refractivity contribution in [1.82, 2.24) is 4.90 Å². The maximum atomic E-state index is 11.8. The molecular formula is C16H24BNO4. The Kier molecular flexibility index (Phi) is 5.00. The number of allylic oxidation sites excluding steroid dienone is 2. The second-order valence-corrected chi connectivity index (χ2v) is 6.67. The van der Waals surface area contributed by atoms with Crippen molar-refractivity contribution in [2.24, 2.45) is 11.8 Å². The molecule has 0 aromatic rings. The van der Waals surface area contributed by atoms with Crippen molar-refractivity contribution in [3.8, 4) is 0 Å². The van der Waals surface area contributed by atoms with E-state index in [4.69, 9.17) is 12.6 Å². The number of carboxylic acid groups (broad SMARTS) is 1. The number of aliphatic carboxylic acids is 1. The maximum absolute atomic E-state index is 11.8. The average molecular weight is 305 g/mol. The molecule has 0 saturated carbocycles. The smallest absolute Gasteiger partial charge is 0.307 e. The van der Waals surface area contributed by atoms with Crippen LogP contribution in [0.15, 0.2) is 12.2 Å². The van der Waals surface area contributed by atoms with Crippen LogP contribution in [0.3, 0.4) is 0 Å². The summed E-state index contributed by atoms with van der Waals surface area (Å²) in [6.07, 6.45) is 6.46. The van der Waals surface area contributed by atoms with E-state index in [1.165, 1.54) is 0 Å². The molecule has 1 aliphatic heterocycles. The molecular weight excluding hydrogens is 281 g/mol. The van der Waals surface area contributed by atoms with Crippen LogP contribution in [-0.4, -0.2) is 47.5 Å². The lowest BCUT2D eigenvalue weighted by Crippen LogP contribution is -2.47. The van der Waals surface area contributed by atoms with Gasteiger partial charge in [0.2, 0.25) is 7.85 Å². The van der Waals surface area contributed by atoms with Gasteiger partial charge in [-0.3, -0.25) is 9.59 Å². The molecule has 2 radical (unpaired) electrons. The number of hydrogen-bond donors (Lipinski definition) is 1. The molecule has 0 aromatic carbocycles. The highest BCUT2D eigenvalue weighted by molar-refractivity contribution is 6.57. The number of nitrogens with zero attached hydrogens (tertiary/aromatic N) is 1. The van der Waals surface area contributed by atoms with Crippen molar-refractivity contribution in [3.05, 3.63) is 12.2 Å². The summed E-state index contributed by atoms with van der Waals surface area (Å²) in [5.74, 6) is -1.59. The van der Waals surface area contributed by atoms with Gasteiger partial charge < -0.3 is 14.7 Å². The Bertz CT molecular complexity index is 477. The first-order valence-electron chi connectivity index (χ1n) is 7.92. The van der Waals surface area contributed by atoms with Crippen LogP contribution in [0.4, 0.5) is 4.79 Å². The van der Waals surface area contributed by atoms with E-state index in [1.54, 1.807) is 4.90 Å². The normalized spacial score (nSPS) is 33.9. The highest BCUT2D eigenvalue weighted by atomic mass is 16.5. The monoisotopic (exact) mass is 305 g/mol. The van der Waals surface area contributed by atoms with E-state index < -0.39 is 17.5 Å². The Morgan fingerprint density at radius 1 is 1.36 bits per heavy atom. The third-order valence-corrected chi connectivity index (χ3v) is 4.85. The Balaban J connectivity index is 2.16. The van der Waals surface area contributed by atoms with E-state index in [1.807, 2.05) is 32.9 Å². The summed E-state index contributed by atoms with van der Waals surface area (Å²) in [5.41, 5.74) is -0.750. The lowest BCUT2D eigenvalue weighted by molar-refractivity contribution is -0.144. The van der Waals surface area contributed by atoms with E-state index in [-0.39, 0.29) is 24.0 Å². The third kappa shape index (κ3) is 3.22. The van der Waals surface area contributed by atoms with Crippen LogP contribution in [-0.2, 0) is 9.53 Å². The van der Waals surface area contributed by atoms with Crippen LogP contribution in [0.5, 0.6) is 0 Å². The van der Waals surface area contributed by atoms with Crippen molar-refractivity contribution in [2.45, 2.75) is 64.3 Å². The molecule has 1 heterocycles. The van der Waals surface area contributed by atoms with Crippen molar-refractivity contribution < 1.29 is 19.4 Å². The number of ether oxygens (including phenoxy) is 1. The van der Waals surface area contributed by atoms with E-state index in [2.05, 4.69) is 0 Å². The number of rotatable bonds is 4. The van der Waals surface area contributed by atoms with Gasteiger partial charge >= 0.3 is 5.97 Å². The predicted octanol–water partition coefficient (Wildman–Crippen LogP) is 2.55. The molecule has 2 rings (SSSR count). The van der Waals surface area contributed by atoms with Crippen LogP contribution in [0.1, 0.15) is 46.5 Å². The van der Waals surface area contributed by atoms with Crippen LogP contribution in [0.25, 0.3) is 0 Å². The summed E-state index contributed by atoms with van der Waals surface area (Å²) in [4.78, 5) is 24.8. The molecule has 0 spiro atoms. The number of amides is 1. The Hall–Kier alpha value is -1.30. The van der Waals surface area contributed by atoms with Gasteiger partial charge in [0.15, 0.2) is 5.81 Å². The van der Waals surface area contributed by atoms with Crippen molar-refractivity contribution in [3.63, 3.8) is 0 Å². The first kappa shape index (κ1) is 17.1. The molecule has 22 heavy (non-hydrogen) atoms. The number of carbonyl (C=O) groups is 2. The predicted molar refractivity (Wildman–Crippen MR) is 83.6 cm³/mol. The molecule has 6 heteroatoms. The fraction of sp³-hybridized carbons (Fsp3) is 0.750. The van der Waals surface area contributed by atoms with Crippen molar-refractivity contribution in [1.29, 1.82) is 0 Å². The summed E-state index contributed by atoms with van der Waals surface area (Å²) in [6.45, 7) is 5.65. The fourth-order valence-electron chi connectivity index (χ4n) is 3.88. The second kappa shape index (κ2) is 6.45. The minimum Gasteiger partial charge on any atom is -0.481 e. The fourth-order valence-corrected chi connectivity index (χ4v) is 3.88. The highest BCUT2D eigenvalue weighted by Gasteiger charge is 2.48. The zero-order chi connectivity index (χ0) is 16.5. The van der Waals surface area contributed by atoms with Crippen LogP contribution >= 0.6 is 0 Å². The summed E-state index contributed by atoms with van der Waals surface area (Å²) in [5, 5.41) is 9.39. The van der Waals surface area contributed by atoms with E-state index in [0.29, 0.717) is 12.8 Å². The average Bonchev–Trinajstić information content (AvgIpc) is 2.69. The molecule has 0 aromatic heterocycles. The molecule has 0 bridgehead atoms. The molecule has 1 N–H and O–H groups in total. The standard InChI is InChI=1S/C16H24BNO4/c1-4-12-13(22-16(2,3)18(12)15(17)21)9-10-7-5-6-8-11(10)14(19)20/h5-6,10-13H,4,7-9H2,1-3H3,(H,19,20). The van der Waals surface area contributed by atoms with Crippen LogP contribution in [0.2, 0.25) is 0 Å². The van der Waals surface area contributed by atoms with Gasteiger partial charge in [-0.1, -0.05) is 19.1 Å². The lowest BCUT2D eigenvalue weighted by Gasteiger charge is -2.33. The van der Waals surface area contributed by atoms with E-state index >= 15 is 0 Å². The van der Waals surface area contributed by atoms with Crippen LogP contribution < -0.4 is 0 Å². The zero-order valence-electron chi connectivity index (χ0n) is 13.5. The largest absolute Gasteiger partial charge is 0.481 e. The molecule has 120 valence electrons. The molecule has 1 fully saturated rings. The quantitative estimate of drug-likeness (QED) is 0.640. The minimum atomic E-state index is -0.758. The van der Waals surface area contributed by atoms with Gasteiger partial charge in [-0.15, -0.1) is 0 Å². The van der Waals surface area contributed by atoms with Gasteiger partial charge in [-0.2, -0.15) is 0 Å². The van der Waals surface area contributed by atoms with Gasteiger partial charge in [0.25, 0.3) is 0 Å². The van der Waals surface area contributed by atoms with Gasteiger partial charge in [0.1, 0.15) is 5.72 Å². The molecule has 1 aliphatic carbocycles. The third-order valence-electron chi connectivity index (χ3n) is 4.85. The number of carboxylic acids is 1. The molecule has 1 saturated heterocycles. The van der Waals surface area contributed by atoms with Gasteiger partial charge in [0.05, 0.1) is 18.1 Å². The van der Waals surface area contributed by atoms with Gasteiger partial charge in [0, 0.05) is 0 Å². The van der Waals surface area contributed by atoms with Gasteiger partial charge in [-0.05, 0) is 45.4 Å². The Morgan fingerprint density at radius 3 is 2.55 bits per heavy atom. The van der Waals surface area contributed by atoms with Crippen molar-refractivity contribution in [2.75, 3.05) is 0 Å². The van der Waals surface area contributed by atoms with Crippen molar-refractivity contribution >= 4 is 19.6 Å². The van der Waals surface area contributed by atoms with E-state index in [9.17, 15) is 14.7 Å². The molecule has 4 unspecified atom stereocenters. The molecule has 2 aliphatic rings. The topological polar surface area (TPSA) is 66.8 Å². The lowest BCUT2D eigenvalue weighted by atomic mass is 9.78. The molecule has 1 amide bonds. The molecule has 4 atom stereocenters. The Labute approximate surface area is 133 Å². The first-order valence-corrected chi connectivity index (χ1v) is 7.92. The van der Waals surface area contributed by atoms with Crippen LogP contribution in [0, 0.1) is 11.8 Å². The maximum Gasteiger partial charge on any atom is 0.307 e. The Morgan fingerprint density at radius 2 is 2.00 bits per heavy atom. The molecule has 5 nitrogen and oxygen atoms in total. The highest BCUT2D eigenvalue weighted by Crippen LogP contribution is 2.39. The number of hydrogen-bond acceptors (Lipinski definition) is 3. The van der Waals surface area contributed by atoms with Gasteiger partial charge in [-0.25, -0.2) is 0 Å².